The van der Waals surface area contributed by atoms with Crippen LogP contribution in [0.15, 0.2) is 0 Å². The summed E-state index contributed by atoms with van der Waals surface area (Å²) < 4.78 is 37.4. The average Bonchev–Trinajstić information content (AvgIpc) is 2.01. The predicted molar refractivity (Wildman–Crippen MR) is 57.6 cm³/mol. The Morgan fingerprint density at radius 2 is 1.67 bits per heavy atom. The van der Waals surface area contributed by atoms with E-state index in [-0.39, 0.29) is 6.54 Å². The van der Waals surface area contributed by atoms with E-state index >= 15 is 0 Å². The van der Waals surface area contributed by atoms with E-state index < -0.39 is 22.0 Å². The zero-order chi connectivity index (χ0) is 12.1. The lowest BCUT2D eigenvalue weighted by Crippen LogP contribution is -2.48. The van der Waals surface area contributed by atoms with E-state index in [1.54, 1.807) is 20.8 Å². The van der Waals surface area contributed by atoms with Crippen molar-refractivity contribution >= 4 is 10.2 Å². The molecule has 92 valence electrons. The molecule has 0 aromatic heterocycles. The van der Waals surface area contributed by atoms with Crippen molar-refractivity contribution in [3.63, 3.8) is 0 Å². The standard InChI is InChI=1S/C8H20N2O4S/c1-8(2,3)10-15(11,12)9-6-7(13-4)14-5/h7,9-10H,6H2,1-5H3. The summed E-state index contributed by atoms with van der Waals surface area (Å²) in [6, 6.07) is 0. The number of methoxy groups -OCH3 is 2. The first-order chi connectivity index (χ1) is 6.70. The SMILES string of the molecule is COC(CNS(=O)(=O)NC(C)(C)C)OC. The van der Waals surface area contributed by atoms with Gasteiger partial charge in [-0.25, -0.2) is 0 Å². The van der Waals surface area contributed by atoms with Crippen LogP contribution >= 0.6 is 0 Å². The molecule has 7 heteroatoms. The van der Waals surface area contributed by atoms with Crippen molar-refractivity contribution in [3.05, 3.63) is 0 Å². The molecule has 6 nitrogen and oxygen atoms in total. The van der Waals surface area contributed by atoms with Gasteiger partial charge in [0.05, 0.1) is 6.54 Å². The predicted octanol–water partition coefficient (Wildman–Crippen LogP) is -0.172. The summed E-state index contributed by atoms with van der Waals surface area (Å²) in [6.07, 6.45) is -0.582. The van der Waals surface area contributed by atoms with Gasteiger partial charge in [-0.15, -0.1) is 0 Å². The lowest BCUT2D eigenvalue weighted by molar-refractivity contribution is -0.0961. The fraction of sp³-hybridized carbons (Fsp3) is 1.00. The Hall–Kier alpha value is -0.210. The summed E-state index contributed by atoms with van der Waals surface area (Å²) in [5.74, 6) is 0. The topological polar surface area (TPSA) is 76.7 Å². The van der Waals surface area contributed by atoms with Gasteiger partial charge in [0.2, 0.25) is 0 Å². The van der Waals surface area contributed by atoms with Gasteiger partial charge in [0.15, 0.2) is 6.29 Å². The van der Waals surface area contributed by atoms with Gasteiger partial charge in [0.25, 0.3) is 10.2 Å². The molecular formula is C8H20N2O4S. The molecule has 0 aliphatic heterocycles. The van der Waals surface area contributed by atoms with Gasteiger partial charge in [-0.3, -0.25) is 0 Å². The minimum absolute atomic E-state index is 0.0679. The minimum atomic E-state index is -3.51. The second-order valence-corrected chi connectivity index (χ2v) is 5.60. The van der Waals surface area contributed by atoms with Crippen LogP contribution in [0.3, 0.4) is 0 Å². The summed E-state index contributed by atoms with van der Waals surface area (Å²) in [5, 5.41) is 0. The van der Waals surface area contributed by atoms with Gasteiger partial charge >= 0.3 is 0 Å². The molecule has 0 aromatic rings. The third-order valence-electron chi connectivity index (χ3n) is 1.41. The van der Waals surface area contributed by atoms with Crippen LogP contribution in [0.4, 0.5) is 0 Å². The Balaban J connectivity index is 4.16. The van der Waals surface area contributed by atoms with Crippen molar-refractivity contribution in [2.24, 2.45) is 0 Å². The lowest BCUT2D eigenvalue weighted by atomic mass is 10.1. The van der Waals surface area contributed by atoms with E-state index in [0.29, 0.717) is 0 Å². The highest BCUT2D eigenvalue weighted by Crippen LogP contribution is 2.00. The Morgan fingerprint density at radius 1 is 1.20 bits per heavy atom. The third kappa shape index (κ3) is 7.69. The Labute approximate surface area is 91.5 Å². The van der Waals surface area contributed by atoms with E-state index in [9.17, 15) is 8.42 Å². The lowest BCUT2D eigenvalue weighted by Gasteiger charge is -2.21. The average molecular weight is 240 g/mol. The zero-order valence-corrected chi connectivity index (χ0v) is 10.6. The minimum Gasteiger partial charge on any atom is -0.355 e. The molecule has 0 saturated carbocycles. The first-order valence-electron chi connectivity index (χ1n) is 4.54. The molecule has 0 rings (SSSR count). The number of ether oxygens (including phenoxy) is 2. The van der Waals surface area contributed by atoms with Crippen LogP contribution in [0.5, 0.6) is 0 Å². The maximum absolute atomic E-state index is 11.4. The molecule has 0 bridgehead atoms. The maximum Gasteiger partial charge on any atom is 0.277 e. The second kappa shape index (κ2) is 5.76. The molecule has 15 heavy (non-hydrogen) atoms. The van der Waals surface area contributed by atoms with Gasteiger partial charge in [-0.1, -0.05) is 0 Å². The number of hydrogen-bond donors (Lipinski definition) is 2. The van der Waals surface area contributed by atoms with Crippen molar-refractivity contribution < 1.29 is 17.9 Å². The largest absolute Gasteiger partial charge is 0.355 e. The van der Waals surface area contributed by atoms with Crippen molar-refractivity contribution in [1.29, 1.82) is 0 Å². The van der Waals surface area contributed by atoms with Gasteiger partial charge in [-0.2, -0.15) is 17.9 Å². The highest BCUT2D eigenvalue weighted by Gasteiger charge is 2.20. The van der Waals surface area contributed by atoms with Crippen LogP contribution in [-0.2, 0) is 19.7 Å². The highest BCUT2D eigenvalue weighted by molar-refractivity contribution is 7.87. The molecule has 0 saturated heterocycles. The monoisotopic (exact) mass is 240 g/mol. The van der Waals surface area contributed by atoms with E-state index in [1.165, 1.54) is 14.2 Å². The molecule has 0 aliphatic carbocycles. The molecule has 2 N–H and O–H groups in total. The van der Waals surface area contributed by atoms with E-state index in [2.05, 4.69) is 9.44 Å². The van der Waals surface area contributed by atoms with E-state index in [4.69, 9.17) is 9.47 Å². The summed E-state index contributed by atoms with van der Waals surface area (Å²) in [5.41, 5.74) is -0.512. The summed E-state index contributed by atoms with van der Waals surface area (Å²) in [4.78, 5) is 0. The summed E-state index contributed by atoms with van der Waals surface area (Å²) in [7, 11) is -0.626. The number of rotatable bonds is 6. The Bertz CT molecular complexity index is 267. The van der Waals surface area contributed by atoms with Crippen LogP contribution in [-0.4, -0.2) is 41.0 Å². The molecule has 0 aromatic carbocycles. The summed E-state index contributed by atoms with van der Waals surface area (Å²) >= 11 is 0. The van der Waals surface area contributed by atoms with Crippen molar-refractivity contribution in [2.75, 3.05) is 20.8 Å². The molecule has 0 spiro atoms. The first-order valence-corrected chi connectivity index (χ1v) is 6.02. The van der Waals surface area contributed by atoms with Crippen LogP contribution in [0.2, 0.25) is 0 Å². The Kier molecular flexibility index (Phi) is 5.68. The molecule has 0 fully saturated rings. The fourth-order valence-corrected chi connectivity index (χ4v) is 2.11. The number of hydrogen-bond acceptors (Lipinski definition) is 4. The van der Waals surface area contributed by atoms with Gasteiger partial charge in [0.1, 0.15) is 0 Å². The van der Waals surface area contributed by atoms with Crippen LogP contribution in [0.1, 0.15) is 20.8 Å². The molecular weight excluding hydrogens is 220 g/mol. The second-order valence-electron chi connectivity index (χ2n) is 4.10. The molecule has 0 aliphatic rings. The van der Waals surface area contributed by atoms with Crippen molar-refractivity contribution in [3.8, 4) is 0 Å². The quantitative estimate of drug-likeness (QED) is 0.632. The Morgan fingerprint density at radius 3 is 2.00 bits per heavy atom. The van der Waals surface area contributed by atoms with E-state index in [1.807, 2.05) is 0 Å². The molecule has 0 radical (unpaired) electrons. The van der Waals surface area contributed by atoms with Crippen molar-refractivity contribution in [2.45, 2.75) is 32.6 Å². The van der Waals surface area contributed by atoms with Gasteiger partial charge < -0.3 is 9.47 Å². The molecule has 0 unspecified atom stereocenters. The van der Waals surface area contributed by atoms with Gasteiger partial charge in [0, 0.05) is 19.8 Å². The fourth-order valence-electron chi connectivity index (χ4n) is 0.880. The normalized spacial score (nSPS) is 13.5. The molecule has 0 atom stereocenters. The maximum atomic E-state index is 11.4. The third-order valence-corrected chi connectivity index (χ3v) is 2.83. The highest BCUT2D eigenvalue weighted by atomic mass is 32.2. The summed E-state index contributed by atoms with van der Waals surface area (Å²) in [6.45, 7) is 5.35. The van der Waals surface area contributed by atoms with Crippen LogP contribution in [0.25, 0.3) is 0 Å². The van der Waals surface area contributed by atoms with E-state index in [0.717, 1.165) is 0 Å². The van der Waals surface area contributed by atoms with Crippen molar-refractivity contribution in [1.82, 2.24) is 9.44 Å². The number of nitrogens with one attached hydrogen (secondary N) is 2. The van der Waals surface area contributed by atoms with Crippen LogP contribution in [0, 0.1) is 0 Å². The zero-order valence-electron chi connectivity index (χ0n) is 9.83. The van der Waals surface area contributed by atoms with Crippen LogP contribution < -0.4 is 9.44 Å². The first kappa shape index (κ1) is 14.8. The molecule has 0 heterocycles. The van der Waals surface area contributed by atoms with Gasteiger partial charge in [-0.05, 0) is 20.8 Å². The smallest absolute Gasteiger partial charge is 0.277 e. The molecule has 0 amide bonds.